The first-order valence-electron chi connectivity index (χ1n) is 8.28. The molecule has 27 heavy (non-hydrogen) atoms. The maximum Gasteiger partial charge on any atom is 0.387 e. The van der Waals surface area contributed by atoms with Gasteiger partial charge in [-0.1, -0.05) is 30.3 Å². The van der Waals surface area contributed by atoms with E-state index >= 15 is 0 Å². The van der Waals surface area contributed by atoms with Crippen molar-refractivity contribution in [1.82, 2.24) is 10.2 Å². The number of hydrogen-bond acceptors (Lipinski definition) is 3. The van der Waals surface area contributed by atoms with Crippen LogP contribution in [0.2, 0.25) is 0 Å². The molecule has 2 rings (SSSR count). The van der Waals surface area contributed by atoms with Crippen LogP contribution in [0.1, 0.15) is 17.2 Å². The Bertz CT molecular complexity index is 794. The van der Waals surface area contributed by atoms with Crippen LogP contribution in [0.3, 0.4) is 0 Å². The van der Waals surface area contributed by atoms with Crippen molar-refractivity contribution >= 4 is 12.0 Å². The predicted molar refractivity (Wildman–Crippen MR) is 97.9 cm³/mol. The van der Waals surface area contributed by atoms with Crippen LogP contribution in [0.5, 0.6) is 5.75 Å². The van der Waals surface area contributed by atoms with Crippen molar-refractivity contribution in [2.24, 2.45) is 0 Å². The van der Waals surface area contributed by atoms with E-state index in [0.29, 0.717) is 5.56 Å². The molecule has 0 spiro atoms. The summed E-state index contributed by atoms with van der Waals surface area (Å²) in [5.41, 5.74) is 1.10. The number of benzene rings is 2. The fourth-order valence-electron chi connectivity index (χ4n) is 2.56. The quantitative estimate of drug-likeness (QED) is 0.710. The van der Waals surface area contributed by atoms with E-state index in [9.17, 15) is 18.0 Å². The summed E-state index contributed by atoms with van der Waals surface area (Å²) in [5, 5.41) is 2.73. The standard InChI is InChI=1S/C20H21F3N2O2/c1-25(2)17(15-7-5-8-16(21)12-15)13-24-19(26)11-10-14-6-3-4-9-18(14)27-20(22)23/h3-12,17,20H,13H2,1-2H3,(H,24,26). The molecule has 0 fully saturated rings. The summed E-state index contributed by atoms with van der Waals surface area (Å²) >= 11 is 0. The summed E-state index contributed by atoms with van der Waals surface area (Å²) in [6, 6.07) is 12.1. The zero-order valence-electron chi connectivity index (χ0n) is 15.0. The van der Waals surface area contributed by atoms with Gasteiger partial charge in [-0.25, -0.2) is 4.39 Å². The van der Waals surface area contributed by atoms with Crippen LogP contribution in [0.25, 0.3) is 6.08 Å². The number of nitrogens with zero attached hydrogens (tertiary/aromatic N) is 1. The van der Waals surface area contributed by atoms with Crippen LogP contribution in [-0.4, -0.2) is 38.1 Å². The average Bonchev–Trinajstić information content (AvgIpc) is 2.60. The van der Waals surface area contributed by atoms with Gasteiger partial charge in [-0.05, 0) is 43.9 Å². The normalized spacial score (nSPS) is 12.6. The lowest BCUT2D eigenvalue weighted by Crippen LogP contribution is -2.33. The Balaban J connectivity index is 2.01. The molecule has 0 aliphatic carbocycles. The largest absolute Gasteiger partial charge is 0.434 e. The van der Waals surface area contributed by atoms with Gasteiger partial charge in [-0.3, -0.25) is 4.79 Å². The molecule has 2 aromatic carbocycles. The highest BCUT2D eigenvalue weighted by Crippen LogP contribution is 2.21. The second kappa shape index (κ2) is 9.78. The molecule has 0 aromatic heterocycles. The first-order valence-corrected chi connectivity index (χ1v) is 8.28. The van der Waals surface area contributed by atoms with E-state index in [1.807, 2.05) is 19.0 Å². The first kappa shape index (κ1) is 20.5. The summed E-state index contributed by atoms with van der Waals surface area (Å²) in [7, 11) is 3.66. The summed E-state index contributed by atoms with van der Waals surface area (Å²) < 4.78 is 42.7. The average molecular weight is 378 g/mol. The topological polar surface area (TPSA) is 41.6 Å². The zero-order valence-corrected chi connectivity index (χ0v) is 15.0. The molecule has 1 atom stereocenters. The first-order chi connectivity index (χ1) is 12.9. The lowest BCUT2D eigenvalue weighted by atomic mass is 10.1. The van der Waals surface area contributed by atoms with Gasteiger partial charge in [-0.2, -0.15) is 8.78 Å². The summed E-state index contributed by atoms with van der Waals surface area (Å²) in [5.74, 6) is -0.756. The molecular weight excluding hydrogens is 357 g/mol. The van der Waals surface area contributed by atoms with Crippen LogP contribution in [0.15, 0.2) is 54.6 Å². The monoisotopic (exact) mass is 378 g/mol. The molecule has 1 unspecified atom stereocenters. The third kappa shape index (κ3) is 6.45. The Hall–Kier alpha value is -2.80. The van der Waals surface area contributed by atoms with E-state index < -0.39 is 12.5 Å². The molecule has 0 bridgehead atoms. The Morgan fingerprint density at radius 3 is 2.59 bits per heavy atom. The Labute approximate surface area is 156 Å². The molecular formula is C20H21F3N2O2. The van der Waals surface area contributed by atoms with Crippen molar-refractivity contribution in [3.05, 3.63) is 71.6 Å². The van der Waals surface area contributed by atoms with Crippen molar-refractivity contribution < 1.29 is 22.7 Å². The van der Waals surface area contributed by atoms with E-state index in [1.54, 1.807) is 30.3 Å². The second-order valence-electron chi connectivity index (χ2n) is 6.03. The van der Waals surface area contributed by atoms with E-state index in [4.69, 9.17) is 0 Å². The summed E-state index contributed by atoms with van der Waals surface area (Å²) in [6.07, 6.45) is 2.64. The van der Waals surface area contributed by atoms with Gasteiger partial charge in [0, 0.05) is 18.2 Å². The van der Waals surface area contributed by atoms with Gasteiger partial charge in [0.15, 0.2) is 0 Å². The van der Waals surface area contributed by atoms with E-state index in [0.717, 1.165) is 5.56 Å². The molecule has 0 saturated carbocycles. The van der Waals surface area contributed by atoms with Crippen LogP contribution < -0.4 is 10.1 Å². The van der Waals surface area contributed by atoms with E-state index in [2.05, 4.69) is 10.1 Å². The predicted octanol–water partition coefficient (Wildman–Crippen LogP) is 3.86. The van der Waals surface area contributed by atoms with Gasteiger partial charge >= 0.3 is 6.61 Å². The maximum atomic E-state index is 13.4. The number of alkyl halides is 2. The minimum Gasteiger partial charge on any atom is -0.434 e. The maximum absolute atomic E-state index is 13.4. The third-order valence-electron chi connectivity index (χ3n) is 3.88. The van der Waals surface area contributed by atoms with E-state index in [-0.39, 0.29) is 24.2 Å². The summed E-state index contributed by atoms with van der Waals surface area (Å²) in [4.78, 5) is 14.0. The molecule has 0 aliphatic heterocycles. The van der Waals surface area contributed by atoms with Crippen LogP contribution in [-0.2, 0) is 4.79 Å². The Morgan fingerprint density at radius 2 is 1.93 bits per heavy atom. The van der Waals surface area contributed by atoms with Gasteiger partial charge in [0.25, 0.3) is 0 Å². The number of carbonyl (C=O) groups excluding carboxylic acids is 1. The molecule has 2 aromatic rings. The summed E-state index contributed by atoms with van der Waals surface area (Å²) in [6.45, 7) is -2.69. The second-order valence-corrected chi connectivity index (χ2v) is 6.03. The minimum atomic E-state index is -2.94. The molecule has 0 heterocycles. The van der Waals surface area contributed by atoms with Crippen LogP contribution in [0, 0.1) is 5.82 Å². The Kier molecular flexibility index (Phi) is 7.43. The highest BCUT2D eigenvalue weighted by atomic mass is 19.3. The molecule has 0 radical (unpaired) electrons. The van der Waals surface area contributed by atoms with Crippen molar-refractivity contribution in [2.45, 2.75) is 12.7 Å². The highest BCUT2D eigenvalue weighted by Gasteiger charge is 2.15. The van der Waals surface area contributed by atoms with Gasteiger partial charge in [0.2, 0.25) is 5.91 Å². The van der Waals surface area contributed by atoms with Crippen molar-refractivity contribution in [1.29, 1.82) is 0 Å². The van der Waals surface area contributed by atoms with Gasteiger partial charge < -0.3 is 15.0 Å². The van der Waals surface area contributed by atoms with E-state index in [1.165, 1.54) is 30.4 Å². The SMILES string of the molecule is CN(C)C(CNC(=O)C=Cc1ccccc1OC(F)F)c1cccc(F)c1. The van der Waals surface area contributed by atoms with Crippen LogP contribution in [0.4, 0.5) is 13.2 Å². The number of rotatable bonds is 8. The number of nitrogens with one attached hydrogen (secondary N) is 1. The van der Waals surface area contributed by atoms with Crippen LogP contribution >= 0.6 is 0 Å². The molecule has 0 aliphatic rings. The fourth-order valence-corrected chi connectivity index (χ4v) is 2.56. The molecule has 7 heteroatoms. The molecule has 0 saturated heterocycles. The number of halogens is 3. The smallest absolute Gasteiger partial charge is 0.387 e. The molecule has 4 nitrogen and oxygen atoms in total. The van der Waals surface area contributed by atoms with Crippen molar-refractivity contribution in [2.75, 3.05) is 20.6 Å². The minimum absolute atomic E-state index is 0.0116. The Morgan fingerprint density at radius 1 is 1.19 bits per heavy atom. The number of hydrogen-bond donors (Lipinski definition) is 1. The van der Waals surface area contributed by atoms with Crippen molar-refractivity contribution in [3.8, 4) is 5.75 Å². The number of carbonyl (C=O) groups is 1. The lowest BCUT2D eigenvalue weighted by Gasteiger charge is -2.25. The fraction of sp³-hybridized carbons (Fsp3) is 0.250. The highest BCUT2D eigenvalue weighted by molar-refractivity contribution is 5.92. The molecule has 1 N–H and O–H groups in total. The van der Waals surface area contributed by atoms with Gasteiger partial charge in [0.1, 0.15) is 11.6 Å². The lowest BCUT2D eigenvalue weighted by molar-refractivity contribution is -0.116. The number of ether oxygens (including phenoxy) is 1. The van der Waals surface area contributed by atoms with Crippen molar-refractivity contribution in [3.63, 3.8) is 0 Å². The van der Waals surface area contributed by atoms with Gasteiger partial charge in [-0.15, -0.1) is 0 Å². The molecule has 144 valence electrons. The number of para-hydroxylation sites is 1. The zero-order chi connectivity index (χ0) is 19.8. The molecule has 1 amide bonds. The van der Waals surface area contributed by atoms with Gasteiger partial charge in [0.05, 0.1) is 6.04 Å². The number of likely N-dealkylation sites (N-methyl/N-ethyl adjacent to an activating group) is 1. The third-order valence-corrected chi connectivity index (χ3v) is 3.88. The number of amides is 1.